The van der Waals surface area contributed by atoms with Crippen LogP contribution in [0.5, 0.6) is 0 Å². The molecular weight excluding hydrogens is 340 g/mol. The van der Waals surface area contributed by atoms with Gasteiger partial charge in [-0.2, -0.15) is 5.10 Å². The first-order valence-corrected chi connectivity index (χ1v) is 7.99. The predicted molar refractivity (Wildman–Crippen MR) is 95.0 cm³/mol. The molecule has 0 atom stereocenters. The van der Waals surface area contributed by atoms with Crippen molar-refractivity contribution in [1.82, 2.24) is 20.1 Å². The Morgan fingerprint density at radius 1 is 1.04 bits per heavy atom. The van der Waals surface area contributed by atoms with Crippen LogP contribution in [0.1, 0.15) is 5.56 Å². The molecular formula is C18H15ClN4O2. The summed E-state index contributed by atoms with van der Waals surface area (Å²) in [6.45, 7) is 0.208. The molecule has 1 N–H and O–H groups in total. The van der Waals surface area contributed by atoms with Gasteiger partial charge in [-0.05, 0) is 35.9 Å². The Morgan fingerprint density at radius 3 is 2.48 bits per heavy atom. The minimum Gasteiger partial charge on any atom is -0.350 e. The average molecular weight is 355 g/mol. The van der Waals surface area contributed by atoms with E-state index in [9.17, 15) is 9.59 Å². The largest absolute Gasteiger partial charge is 0.350 e. The zero-order chi connectivity index (χ0) is 17.6. The van der Waals surface area contributed by atoms with Crippen molar-refractivity contribution in [3.05, 3.63) is 81.9 Å². The first kappa shape index (κ1) is 16.9. The van der Waals surface area contributed by atoms with E-state index in [1.54, 1.807) is 42.7 Å². The van der Waals surface area contributed by atoms with Crippen molar-refractivity contribution in [1.29, 1.82) is 0 Å². The third-order valence-electron chi connectivity index (χ3n) is 3.54. The fourth-order valence-corrected chi connectivity index (χ4v) is 2.36. The molecule has 3 rings (SSSR count). The number of halogens is 1. The number of hydrogen-bond donors (Lipinski definition) is 1. The monoisotopic (exact) mass is 354 g/mol. The van der Waals surface area contributed by atoms with E-state index < -0.39 is 0 Å². The smallest absolute Gasteiger partial charge is 0.267 e. The van der Waals surface area contributed by atoms with Gasteiger partial charge < -0.3 is 5.32 Å². The van der Waals surface area contributed by atoms with Gasteiger partial charge in [-0.3, -0.25) is 14.6 Å². The molecule has 0 aliphatic heterocycles. The molecule has 1 aromatic carbocycles. The number of aromatic nitrogens is 3. The van der Waals surface area contributed by atoms with Crippen molar-refractivity contribution in [3.63, 3.8) is 0 Å². The molecule has 0 unspecified atom stereocenters. The van der Waals surface area contributed by atoms with Crippen LogP contribution < -0.4 is 10.9 Å². The summed E-state index contributed by atoms with van der Waals surface area (Å²) in [6, 6.07) is 13.8. The van der Waals surface area contributed by atoms with E-state index in [-0.39, 0.29) is 18.0 Å². The van der Waals surface area contributed by atoms with Crippen LogP contribution in [0.2, 0.25) is 5.02 Å². The Labute approximate surface area is 149 Å². The Morgan fingerprint density at radius 2 is 1.76 bits per heavy atom. The molecule has 0 fully saturated rings. The molecule has 25 heavy (non-hydrogen) atoms. The quantitative estimate of drug-likeness (QED) is 0.762. The molecule has 1 amide bonds. The van der Waals surface area contributed by atoms with Crippen molar-refractivity contribution in [2.75, 3.05) is 0 Å². The van der Waals surface area contributed by atoms with Gasteiger partial charge in [-0.25, -0.2) is 4.68 Å². The molecule has 0 saturated carbocycles. The van der Waals surface area contributed by atoms with E-state index in [0.717, 1.165) is 15.8 Å². The van der Waals surface area contributed by atoms with E-state index in [1.807, 2.05) is 12.1 Å². The summed E-state index contributed by atoms with van der Waals surface area (Å²) < 4.78 is 1.15. The first-order valence-electron chi connectivity index (χ1n) is 7.61. The van der Waals surface area contributed by atoms with Gasteiger partial charge in [0.15, 0.2) is 0 Å². The predicted octanol–water partition coefficient (Wildman–Crippen LogP) is 2.28. The summed E-state index contributed by atoms with van der Waals surface area (Å²) >= 11 is 5.83. The van der Waals surface area contributed by atoms with Crippen LogP contribution in [0, 0.1) is 0 Å². The van der Waals surface area contributed by atoms with E-state index >= 15 is 0 Å². The van der Waals surface area contributed by atoms with Crippen molar-refractivity contribution in [2.24, 2.45) is 0 Å². The summed E-state index contributed by atoms with van der Waals surface area (Å²) in [5.41, 5.74) is 2.01. The maximum atomic E-state index is 12.1. The van der Waals surface area contributed by atoms with Crippen molar-refractivity contribution >= 4 is 17.5 Å². The fraction of sp³-hybridized carbons (Fsp3) is 0.111. The second-order valence-electron chi connectivity index (χ2n) is 5.35. The van der Waals surface area contributed by atoms with Crippen LogP contribution in [0.3, 0.4) is 0 Å². The van der Waals surface area contributed by atoms with Crippen LogP contribution in [0.15, 0.2) is 65.7 Å². The SMILES string of the molecule is O=C(Cn1nc(-c2ccncc2)ccc1=O)NCc1ccc(Cl)cc1. The van der Waals surface area contributed by atoms with Crippen molar-refractivity contribution in [2.45, 2.75) is 13.1 Å². The number of carbonyl (C=O) groups is 1. The van der Waals surface area contributed by atoms with Crippen molar-refractivity contribution < 1.29 is 4.79 Å². The number of carbonyl (C=O) groups excluding carboxylic acids is 1. The van der Waals surface area contributed by atoms with Crippen LogP contribution in [0.4, 0.5) is 0 Å². The zero-order valence-corrected chi connectivity index (χ0v) is 14.0. The normalized spacial score (nSPS) is 10.4. The Balaban J connectivity index is 1.68. The lowest BCUT2D eigenvalue weighted by Gasteiger charge is -2.08. The third-order valence-corrected chi connectivity index (χ3v) is 3.79. The zero-order valence-electron chi connectivity index (χ0n) is 13.2. The van der Waals surface area contributed by atoms with Gasteiger partial charge in [0, 0.05) is 35.6 Å². The molecule has 3 aromatic rings. The summed E-state index contributed by atoms with van der Waals surface area (Å²) in [7, 11) is 0. The summed E-state index contributed by atoms with van der Waals surface area (Å²) in [4.78, 5) is 28.0. The number of pyridine rings is 1. The van der Waals surface area contributed by atoms with Gasteiger partial charge in [-0.1, -0.05) is 23.7 Å². The molecule has 0 aliphatic carbocycles. The summed E-state index contributed by atoms with van der Waals surface area (Å²) in [5.74, 6) is -0.295. The molecule has 0 saturated heterocycles. The van der Waals surface area contributed by atoms with Gasteiger partial charge in [0.05, 0.1) is 5.69 Å². The van der Waals surface area contributed by atoms with Crippen LogP contribution >= 0.6 is 11.6 Å². The highest BCUT2D eigenvalue weighted by Gasteiger charge is 2.08. The lowest BCUT2D eigenvalue weighted by molar-refractivity contribution is -0.122. The number of benzene rings is 1. The van der Waals surface area contributed by atoms with Gasteiger partial charge in [0.1, 0.15) is 6.54 Å². The lowest BCUT2D eigenvalue weighted by Crippen LogP contribution is -2.33. The number of nitrogens with zero attached hydrogens (tertiary/aromatic N) is 3. The standard InChI is InChI=1S/C18H15ClN4O2/c19-15-3-1-13(2-4-15)11-21-17(24)12-23-18(25)6-5-16(22-23)14-7-9-20-10-8-14/h1-10H,11-12H2,(H,21,24). The van der Waals surface area contributed by atoms with Crippen LogP contribution in [-0.2, 0) is 17.9 Å². The Kier molecular flexibility index (Phi) is 5.20. The molecule has 6 nitrogen and oxygen atoms in total. The minimum atomic E-state index is -0.334. The number of hydrogen-bond acceptors (Lipinski definition) is 4. The average Bonchev–Trinajstić information content (AvgIpc) is 2.64. The lowest BCUT2D eigenvalue weighted by atomic mass is 10.2. The number of nitrogens with one attached hydrogen (secondary N) is 1. The summed E-state index contributed by atoms with van der Waals surface area (Å²) in [5, 5.41) is 7.65. The van der Waals surface area contributed by atoms with E-state index in [0.29, 0.717) is 17.3 Å². The van der Waals surface area contributed by atoms with Gasteiger partial charge in [0.25, 0.3) is 5.56 Å². The molecule has 0 bridgehead atoms. The molecule has 7 heteroatoms. The highest BCUT2D eigenvalue weighted by Crippen LogP contribution is 2.13. The highest BCUT2D eigenvalue weighted by molar-refractivity contribution is 6.30. The maximum Gasteiger partial charge on any atom is 0.267 e. The Bertz CT molecular complexity index is 924. The molecule has 0 radical (unpaired) electrons. The number of amides is 1. The molecule has 0 aliphatic rings. The van der Waals surface area contributed by atoms with Crippen LogP contribution in [-0.4, -0.2) is 20.7 Å². The van der Waals surface area contributed by atoms with Gasteiger partial charge in [0.2, 0.25) is 5.91 Å². The topological polar surface area (TPSA) is 76.9 Å². The number of rotatable bonds is 5. The Hall–Kier alpha value is -2.99. The summed E-state index contributed by atoms with van der Waals surface area (Å²) in [6.07, 6.45) is 3.29. The fourth-order valence-electron chi connectivity index (χ4n) is 2.23. The maximum absolute atomic E-state index is 12.1. The second kappa shape index (κ2) is 7.72. The van der Waals surface area contributed by atoms with Crippen molar-refractivity contribution in [3.8, 4) is 11.3 Å². The van der Waals surface area contributed by atoms with E-state index in [1.165, 1.54) is 6.07 Å². The molecule has 2 aromatic heterocycles. The molecule has 126 valence electrons. The van der Waals surface area contributed by atoms with E-state index in [4.69, 9.17) is 11.6 Å². The molecule has 0 spiro atoms. The first-order chi connectivity index (χ1) is 12.1. The van der Waals surface area contributed by atoms with Gasteiger partial charge in [-0.15, -0.1) is 0 Å². The second-order valence-corrected chi connectivity index (χ2v) is 5.79. The third kappa shape index (κ3) is 4.51. The molecule has 2 heterocycles. The highest BCUT2D eigenvalue weighted by atomic mass is 35.5. The van der Waals surface area contributed by atoms with Gasteiger partial charge >= 0.3 is 0 Å². The van der Waals surface area contributed by atoms with Crippen LogP contribution in [0.25, 0.3) is 11.3 Å². The minimum absolute atomic E-state index is 0.147. The van der Waals surface area contributed by atoms with E-state index in [2.05, 4.69) is 15.4 Å².